The molecule has 28 heavy (non-hydrogen) atoms. The number of carboxylic acids is 1. The first kappa shape index (κ1) is 19.7. The van der Waals surface area contributed by atoms with E-state index in [1.165, 1.54) is 30.5 Å². The topological polar surface area (TPSA) is 59.4 Å². The minimum absolute atomic E-state index is 0.0267. The van der Waals surface area contributed by atoms with E-state index in [1.807, 2.05) is 0 Å². The fraction of sp³-hybridized carbons (Fsp3) is 0.100. The first-order valence-corrected chi connectivity index (χ1v) is 8.44. The number of aliphatic carboxylic acids is 1. The second-order valence-electron chi connectivity index (χ2n) is 5.87. The Labute approximate surface area is 163 Å². The van der Waals surface area contributed by atoms with E-state index in [9.17, 15) is 18.0 Å². The van der Waals surface area contributed by atoms with Crippen LogP contribution in [0.1, 0.15) is 11.1 Å². The summed E-state index contributed by atoms with van der Waals surface area (Å²) < 4.78 is 48.1. The third-order valence-electron chi connectivity index (χ3n) is 3.92. The van der Waals surface area contributed by atoms with Crippen LogP contribution in [0.3, 0.4) is 0 Å². The summed E-state index contributed by atoms with van der Waals surface area (Å²) in [5, 5.41) is 9.01. The Kier molecular flexibility index (Phi) is 5.84. The highest BCUT2D eigenvalue weighted by atomic mass is 35.5. The van der Waals surface area contributed by atoms with Gasteiger partial charge in [0.15, 0.2) is 0 Å². The number of carboxylic acid groups (broad SMARTS) is 1. The molecule has 3 rings (SSSR count). The summed E-state index contributed by atoms with van der Waals surface area (Å²) in [4.78, 5) is 14.8. The summed E-state index contributed by atoms with van der Waals surface area (Å²) >= 11 is 5.71. The molecule has 8 heteroatoms. The molecule has 2 aromatic carbocycles. The number of carbonyl (C=O) groups is 1. The fourth-order valence-electron chi connectivity index (χ4n) is 2.59. The Hall–Kier alpha value is -3.06. The predicted octanol–water partition coefficient (Wildman–Crippen LogP) is 5.03. The zero-order valence-electron chi connectivity index (χ0n) is 14.3. The zero-order chi connectivity index (χ0) is 20.3. The van der Waals surface area contributed by atoms with Crippen LogP contribution in [-0.2, 0) is 17.8 Å². The van der Waals surface area contributed by atoms with Crippen molar-refractivity contribution >= 4 is 17.6 Å². The maximum absolute atomic E-state index is 14.5. The van der Waals surface area contributed by atoms with Crippen LogP contribution in [-0.4, -0.2) is 16.1 Å². The van der Waals surface area contributed by atoms with Crippen LogP contribution in [0.25, 0.3) is 11.1 Å². The van der Waals surface area contributed by atoms with Gasteiger partial charge >= 0.3 is 5.97 Å². The molecule has 0 unspecified atom stereocenters. The quantitative estimate of drug-likeness (QED) is 0.623. The molecule has 0 aliphatic rings. The number of aromatic nitrogens is 1. The summed E-state index contributed by atoms with van der Waals surface area (Å²) in [6, 6.07) is 8.77. The molecule has 0 saturated heterocycles. The molecule has 0 atom stereocenters. The Morgan fingerprint density at radius 2 is 1.75 bits per heavy atom. The molecular weight excluding hydrogens is 395 g/mol. The van der Waals surface area contributed by atoms with Gasteiger partial charge in [0.25, 0.3) is 0 Å². The van der Waals surface area contributed by atoms with Crippen LogP contribution < -0.4 is 4.74 Å². The number of benzene rings is 2. The molecule has 1 N–H and O–H groups in total. The van der Waals surface area contributed by atoms with Gasteiger partial charge < -0.3 is 9.84 Å². The number of ether oxygens (including phenoxy) is 1. The molecular formula is C20H13ClF3NO3. The van der Waals surface area contributed by atoms with Gasteiger partial charge in [-0.15, -0.1) is 0 Å². The molecule has 0 amide bonds. The number of hydrogen-bond donors (Lipinski definition) is 1. The van der Waals surface area contributed by atoms with Crippen molar-refractivity contribution in [2.75, 3.05) is 0 Å². The molecule has 0 radical (unpaired) electrons. The lowest BCUT2D eigenvalue weighted by Gasteiger charge is -2.12. The van der Waals surface area contributed by atoms with E-state index in [0.717, 1.165) is 18.2 Å². The van der Waals surface area contributed by atoms with E-state index in [1.54, 1.807) is 0 Å². The van der Waals surface area contributed by atoms with E-state index in [0.29, 0.717) is 0 Å². The summed E-state index contributed by atoms with van der Waals surface area (Å²) in [6.07, 6.45) is 0.749. The monoisotopic (exact) mass is 407 g/mol. The number of halogens is 4. The van der Waals surface area contributed by atoms with Crippen LogP contribution in [0.15, 0.2) is 48.7 Å². The normalized spacial score (nSPS) is 10.7. The standard InChI is InChI=1S/C20H13ClF3NO3/c21-13-4-3-11(16(22)8-13)10-28-20-14(2-1-5-25-20)15-9-17(23)12(6-18(15)24)7-19(26)27/h1-6,8-9H,7,10H2,(H,26,27). The lowest BCUT2D eigenvalue weighted by molar-refractivity contribution is -0.136. The number of nitrogens with zero attached hydrogens (tertiary/aromatic N) is 1. The van der Waals surface area contributed by atoms with Gasteiger partial charge in [-0.1, -0.05) is 17.7 Å². The fourth-order valence-corrected chi connectivity index (χ4v) is 2.75. The van der Waals surface area contributed by atoms with Crippen molar-refractivity contribution in [3.63, 3.8) is 0 Å². The van der Waals surface area contributed by atoms with Crippen LogP contribution >= 0.6 is 11.6 Å². The molecule has 0 aliphatic heterocycles. The molecule has 0 saturated carbocycles. The molecule has 1 heterocycles. The van der Waals surface area contributed by atoms with Crippen LogP contribution in [0.4, 0.5) is 13.2 Å². The van der Waals surface area contributed by atoms with Crippen LogP contribution in [0, 0.1) is 17.5 Å². The lowest BCUT2D eigenvalue weighted by atomic mass is 10.0. The molecule has 0 spiro atoms. The molecule has 144 valence electrons. The Balaban J connectivity index is 1.92. The van der Waals surface area contributed by atoms with E-state index in [4.69, 9.17) is 21.4 Å². The second-order valence-corrected chi connectivity index (χ2v) is 6.31. The van der Waals surface area contributed by atoms with Gasteiger partial charge in [-0.3, -0.25) is 4.79 Å². The molecule has 0 bridgehead atoms. The van der Waals surface area contributed by atoms with Crippen molar-refractivity contribution in [1.29, 1.82) is 0 Å². The molecule has 0 fully saturated rings. The maximum Gasteiger partial charge on any atom is 0.307 e. The van der Waals surface area contributed by atoms with Crippen molar-refractivity contribution in [1.82, 2.24) is 4.98 Å². The van der Waals surface area contributed by atoms with Gasteiger partial charge in [0.2, 0.25) is 5.88 Å². The number of hydrogen-bond acceptors (Lipinski definition) is 3. The summed E-state index contributed by atoms with van der Waals surface area (Å²) in [5.41, 5.74) is -0.0609. The minimum atomic E-state index is -1.28. The Bertz CT molecular complexity index is 1040. The van der Waals surface area contributed by atoms with Crippen molar-refractivity contribution in [3.05, 3.63) is 82.3 Å². The first-order valence-electron chi connectivity index (χ1n) is 8.07. The average Bonchev–Trinajstić information content (AvgIpc) is 2.64. The smallest absolute Gasteiger partial charge is 0.307 e. The highest BCUT2D eigenvalue weighted by molar-refractivity contribution is 6.30. The van der Waals surface area contributed by atoms with Crippen LogP contribution in [0.2, 0.25) is 5.02 Å². The third kappa shape index (κ3) is 4.43. The zero-order valence-corrected chi connectivity index (χ0v) is 15.0. The van der Waals surface area contributed by atoms with Crippen molar-refractivity contribution in [2.45, 2.75) is 13.0 Å². The highest BCUT2D eigenvalue weighted by Gasteiger charge is 2.17. The number of pyridine rings is 1. The Morgan fingerprint density at radius 3 is 2.46 bits per heavy atom. The summed E-state index contributed by atoms with van der Waals surface area (Å²) in [5.74, 6) is -3.56. The highest BCUT2D eigenvalue weighted by Crippen LogP contribution is 2.32. The van der Waals surface area contributed by atoms with Gasteiger partial charge in [-0.25, -0.2) is 18.2 Å². The van der Waals surface area contributed by atoms with E-state index in [-0.39, 0.29) is 39.8 Å². The summed E-state index contributed by atoms with van der Waals surface area (Å²) in [6.45, 7) is -0.200. The van der Waals surface area contributed by atoms with E-state index in [2.05, 4.69) is 4.98 Å². The first-order chi connectivity index (χ1) is 13.3. The maximum atomic E-state index is 14.5. The average molecular weight is 408 g/mol. The van der Waals surface area contributed by atoms with Gasteiger partial charge in [0.05, 0.1) is 6.42 Å². The minimum Gasteiger partial charge on any atom is -0.481 e. The van der Waals surface area contributed by atoms with Gasteiger partial charge in [-0.05, 0) is 36.4 Å². The molecule has 0 aliphatic carbocycles. The third-order valence-corrected chi connectivity index (χ3v) is 4.15. The molecule has 3 aromatic rings. The lowest BCUT2D eigenvalue weighted by Crippen LogP contribution is -2.05. The van der Waals surface area contributed by atoms with Crippen molar-refractivity contribution in [3.8, 4) is 17.0 Å². The Morgan fingerprint density at radius 1 is 1.00 bits per heavy atom. The summed E-state index contributed by atoms with van der Waals surface area (Å²) in [7, 11) is 0. The van der Waals surface area contributed by atoms with Crippen LogP contribution in [0.5, 0.6) is 5.88 Å². The largest absolute Gasteiger partial charge is 0.481 e. The van der Waals surface area contributed by atoms with Gasteiger partial charge in [-0.2, -0.15) is 0 Å². The van der Waals surface area contributed by atoms with Crippen molar-refractivity contribution < 1.29 is 27.8 Å². The molecule has 1 aromatic heterocycles. The van der Waals surface area contributed by atoms with Gasteiger partial charge in [0, 0.05) is 33.5 Å². The van der Waals surface area contributed by atoms with Crippen molar-refractivity contribution in [2.24, 2.45) is 0 Å². The second kappa shape index (κ2) is 8.31. The van der Waals surface area contributed by atoms with E-state index >= 15 is 0 Å². The molecule has 4 nitrogen and oxygen atoms in total. The number of rotatable bonds is 6. The van der Waals surface area contributed by atoms with E-state index < -0.39 is 29.8 Å². The van der Waals surface area contributed by atoms with Gasteiger partial charge in [0.1, 0.15) is 24.1 Å². The SMILES string of the molecule is O=C(O)Cc1cc(F)c(-c2cccnc2OCc2ccc(Cl)cc2F)cc1F. The predicted molar refractivity (Wildman–Crippen MR) is 96.7 cm³/mol.